The molecule has 1 aromatic carbocycles. The van der Waals surface area contributed by atoms with Crippen molar-refractivity contribution in [1.29, 1.82) is 0 Å². The number of aromatic nitrogens is 1. The summed E-state index contributed by atoms with van der Waals surface area (Å²) in [5, 5.41) is 9.69. The maximum Gasteiger partial charge on any atom is 0.225 e. The van der Waals surface area contributed by atoms with Crippen LogP contribution in [0.15, 0.2) is 42.6 Å². The first kappa shape index (κ1) is 14.5. The van der Waals surface area contributed by atoms with Gasteiger partial charge in [0.2, 0.25) is 5.88 Å². The van der Waals surface area contributed by atoms with Gasteiger partial charge in [-0.05, 0) is 43.2 Å². The molecule has 0 radical (unpaired) electrons. The lowest BCUT2D eigenvalue weighted by atomic mass is 10.1. The van der Waals surface area contributed by atoms with Gasteiger partial charge in [-0.15, -0.1) is 0 Å². The number of methoxy groups -OCH3 is 1. The van der Waals surface area contributed by atoms with Gasteiger partial charge in [-0.3, -0.25) is 0 Å². The Kier molecular flexibility index (Phi) is 5.09. The van der Waals surface area contributed by atoms with Crippen LogP contribution in [0.3, 0.4) is 0 Å². The molecule has 0 fully saturated rings. The molecule has 20 heavy (non-hydrogen) atoms. The van der Waals surface area contributed by atoms with Crippen LogP contribution in [-0.2, 0) is 11.2 Å². The first-order valence-corrected chi connectivity index (χ1v) is 6.59. The second-order valence-electron chi connectivity index (χ2n) is 4.56. The third-order valence-electron chi connectivity index (χ3n) is 2.98. The molecule has 4 nitrogen and oxygen atoms in total. The van der Waals surface area contributed by atoms with Crippen LogP contribution in [0.1, 0.15) is 24.2 Å². The fourth-order valence-corrected chi connectivity index (χ4v) is 1.86. The number of hydrogen-bond acceptors (Lipinski definition) is 4. The third kappa shape index (κ3) is 3.79. The number of nitrogens with zero attached hydrogens (tertiary/aromatic N) is 1. The van der Waals surface area contributed by atoms with Gasteiger partial charge in [-0.1, -0.05) is 12.1 Å². The summed E-state index contributed by atoms with van der Waals surface area (Å²) in [7, 11) is 1.69. The summed E-state index contributed by atoms with van der Waals surface area (Å²) in [6.07, 6.45) is 1.91. The maximum atomic E-state index is 9.69. The number of rotatable bonds is 6. The lowest BCUT2D eigenvalue weighted by molar-refractivity contribution is 0.194. The monoisotopic (exact) mass is 273 g/mol. The quantitative estimate of drug-likeness (QED) is 0.878. The summed E-state index contributed by atoms with van der Waals surface area (Å²) in [5.41, 5.74) is 1.87. The molecule has 2 rings (SSSR count). The van der Waals surface area contributed by atoms with Crippen LogP contribution in [0.25, 0.3) is 0 Å². The van der Waals surface area contributed by atoms with E-state index in [2.05, 4.69) is 4.98 Å². The summed E-state index contributed by atoms with van der Waals surface area (Å²) in [6.45, 7) is 2.39. The van der Waals surface area contributed by atoms with E-state index in [1.807, 2.05) is 24.3 Å². The maximum absolute atomic E-state index is 9.69. The highest BCUT2D eigenvalue weighted by Crippen LogP contribution is 2.27. The zero-order valence-electron chi connectivity index (χ0n) is 11.7. The van der Waals surface area contributed by atoms with Gasteiger partial charge in [0.15, 0.2) is 0 Å². The molecule has 0 saturated heterocycles. The smallest absolute Gasteiger partial charge is 0.225 e. The minimum atomic E-state index is -0.611. The van der Waals surface area contributed by atoms with Crippen LogP contribution in [0.5, 0.6) is 11.6 Å². The summed E-state index contributed by atoms with van der Waals surface area (Å²) < 4.78 is 10.8. The van der Waals surface area contributed by atoms with Gasteiger partial charge in [0, 0.05) is 18.9 Å². The lowest BCUT2D eigenvalue weighted by Crippen LogP contribution is -1.98. The van der Waals surface area contributed by atoms with E-state index in [0.717, 1.165) is 6.42 Å². The minimum Gasteiger partial charge on any atom is -0.439 e. The molecule has 106 valence electrons. The van der Waals surface area contributed by atoms with E-state index < -0.39 is 6.10 Å². The molecule has 0 saturated carbocycles. The summed E-state index contributed by atoms with van der Waals surface area (Å²) >= 11 is 0. The summed E-state index contributed by atoms with van der Waals surface area (Å²) in [5.74, 6) is 1.14. The van der Waals surface area contributed by atoms with Crippen molar-refractivity contribution in [2.75, 3.05) is 13.7 Å². The van der Waals surface area contributed by atoms with Crippen molar-refractivity contribution >= 4 is 0 Å². The zero-order chi connectivity index (χ0) is 14.4. The van der Waals surface area contributed by atoms with Crippen molar-refractivity contribution < 1.29 is 14.6 Å². The number of ether oxygens (including phenoxy) is 2. The molecule has 1 heterocycles. The topological polar surface area (TPSA) is 51.6 Å². The number of pyridine rings is 1. The largest absolute Gasteiger partial charge is 0.439 e. The zero-order valence-corrected chi connectivity index (χ0v) is 11.7. The van der Waals surface area contributed by atoms with Crippen molar-refractivity contribution in [2.24, 2.45) is 0 Å². The van der Waals surface area contributed by atoms with E-state index >= 15 is 0 Å². The van der Waals surface area contributed by atoms with Crippen LogP contribution < -0.4 is 4.74 Å². The fraction of sp³-hybridized carbons (Fsp3) is 0.312. The molecule has 0 aliphatic heterocycles. The molecule has 2 aromatic rings. The minimum absolute atomic E-state index is 0.437. The van der Waals surface area contributed by atoms with Crippen molar-refractivity contribution in [3.05, 3.63) is 53.7 Å². The van der Waals surface area contributed by atoms with E-state index in [9.17, 15) is 5.11 Å². The van der Waals surface area contributed by atoms with Crippen molar-refractivity contribution in [1.82, 2.24) is 4.98 Å². The van der Waals surface area contributed by atoms with Gasteiger partial charge in [0.05, 0.1) is 12.7 Å². The van der Waals surface area contributed by atoms with Crippen molar-refractivity contribution in [2.45, 2.75) is 19.4 Å². The normalized spacial score (nSPS) is 12.2. The van der Waals surface area contributed by atoms with Crippen LogP contribution in [0.2, 0.25) is 0 Å². The number of hydrogen-bond donors (Lipinski definition) is 1. The van der Waals surface area contributed by atoms with Crippen molar-refractivity contribution in [3.63, 3.8) is 0 Å². The van der Waals surface area contributed by atoms with Gasteiger partial charge in [-0.25, -0.2) is 4.98 Å². The first-order chi connectivity index (χ1) is 9.70. The predicted molar refractivity (Wildman–Crippen MR) is 77.0 cm³/mol. The second kappa shape index (κ2) is 7.03. The molecule has 0 bridgehead atoms. The van der Waals surface area contributed by atoms with E-state index in [1.54, 1.807) is 32.4 Å². The lowest BCUT2D eigenvalue weighted by Gasteiger charge is -2.11. The third-order valence-corrected chi connectivity index (χ3v) is 2.98. The highest BCUT2D eigenvalue weighted by Gasteiger charge is 2.10. The van der Waals surface area contributed by atoms with Crippen LogP contribution in [0.4, 0.5) is 0 Å². The molecule has 1 aromatic heterocycles. The Balaban J connectivity index is 2.10. The molecule has 0 unspecified atom stereocenters. The number of benzene rings is 1. The first-order valence-electron chi connectivity index (χ1n) is 6.59. The number of aliphatic hydroxyl groups is 1. The standard InChI is InChI=1S/C16H19NO3/c1-12(18)15-4-3-10-17-16(15)20-14-7-5-13(6-8-14)9-11-19-2/h3-8,10,12,18H,9,11H2,1-2H3/t12-/m0/s1. The van der Waals surface area contributed by atoms with Gasteiger partial charge >= 0.3 is 0 Å². The Morgan fingerprint density at radius 2 is 1.95 bits per heavy atom. The molecule has 0 spiro atoms. The van der Waals surface area contributed by atoms with Gasteiger partial charge < -0.3 is 14.6 Å². The van der Waals surface area contributed by atoms with Gasteiger partial charge in [0.1, 0.15) is 5.75 Å². The van der Waals surface area contributed by atoms with E-state index in [1.165, 1.54) is 5.56 Å². The molecule has 0 amide bonds. The van der Waals surface area contributed by atoms with Gasteiger partial charge in [0.25, 0.3) is 0 Å². The Morgan fingerprint density at radius 1 is 1.20 bits per heavy atom. The fourth-order valence-electron chi connectivity index (χ4n) is 1.86. The molecule has 0 aliphatic rings. The Morgan fingerprint density at radius 3 is 2.60 bits per heavy atom. The highest BCUT2D eigenvalue weighted by atomic mass is 16.5. The average Bonchev–Trinajstić information content (AvgIpc) is 2.47. The summed E-state index contributed by atoms with van der Waals surface area (Å²) in [4.78, 5) is 4.17. The molecule has 1 N–H and O–H groups in total. The Labute approximate surface area is 119 Å². The van der Waals surface area contributed by atoms with Gasteiger partial charge in [-0.2, -0.15) is 0 Å². The van der Waals surface area contributed by atoms with Crippen LogP contribution in [0, 0.1) is 0 Å². The molecule has 4 heteroatoms. The second-order valence-corrected chi connectivity index (χ2v) is 4.56. The Hall–Kier alpha value is -1.91. The average molecular weight is 273 g/mol. The molecular weight excluding hydrogens is 254 g/mol. The SMILES string of the molecule is COCCc1ccc(Oc2ncccc2[C@H](C)O)cc1. The van der Waals surface area contributed by atoms with Crippen molar-refractivity contribution in [3.8, 4) is 11.6 Å². The summed E-state index contributed by atoms with van der Waals surface area (Å²) in [6, 6.07) is 11.4. The van der Waals surface area contributed by atoms with Crippen LogP contribution in [-0.4, -0.2) is 23.8 Å². The predicted octanol–water partition coefficient (Wildman–Crippen LogP) is 3.12. The van der Waals surface area contributed by atoms with Crippen LogP contribution >= 0.6 is 0 Å². The Bertz CT molecular complexity index is 538. The number of aliphatic hydroxyl groups excluding tert-OH is 1. The molecule has 1 atom stereocenters. The van der Waals surface area contributed by atoms with E-state index in [4.69, 9.17) is 9.47 Å². The molecule has 0 aliphatic carbocycles. The van der Waals surface area contributed by atoms with E-state index in [-0.39, 0.29) is 0 Å². The molecular formula is C16H19NO3. The highest BCUT2D eigenvalue weighted by molar-refractivity contribution is 5.34. The van der Waals surface area contributed by atoms with E-state index in [0.29, 0.717) is 23.8 Å².